The molecule has 40 heavy (non-hydrogen) atoms. The standard InChI is InChI=1S/C17H28N2O2.C17H27NO/c1-16(2,3)12-9-11(7-8-14(20)19-18)10-13(15(12)21)17(4,5)6;1-16(2,3)13-10-12(8-7-9-19)11-14(15(13)18)17(4,5)6/h9-10,21H,7-8,18H2,1-6H3,(H,19,20);9-11H,7-8,18H2,1-6H3. The first-order chi connectivity index (χ1) is 18.0. The van der Waals surface area contributed by atoms with E-state index in [2.05, 4.69) is 101 Å². The SMILES string of the molecule is CC(C)(C)c1cc(CCC(=O)NN)cc(C(C)(C)C)c1O.CC(C)(C)c1cc(CCC=O)cc(C(C)(C)C)c1N. The quantitative estimate of drug-likeness (QED) is 0.102. The van der Waals surface area contributed by atoms with Crippen LogP contribution in [0.5, 0.6) is 5.75 Å². The summed E-state index contributed by atoms with van der Waals surface area (Å²) < 4.78 is 0. The van der Waals surface area contributed by atoms with Gasteiger partial charge in [0.2, 0.25) is 5.91 Å². The monoisotopic (exact) mass is 553 g/mol. The van der Waals surface area contributed by atoms with Crippen molar-refractivity contribution >= 4 is 17.9 Å². The molecule has 0 fully saturated rings. The van der Waals surface area contributed by atoms with Crippen molar-refractivity contribution in [2.45, 2.75) is 130 Å². The lowest BCUT2D eigenvalue weighted by atomic mass is 9.77. The normalized spacial score (nSPS) is 12.4. The molecule has 0 saturated heterocycles. The molecule has 0 saturated carbocycles. The molecule has 0 unspecified atom stereocenters. The summed E-state index contributed by atoms with van der Waals surface area (Å²) in [5.41, 5.74) is 15.6. The Bertz CT molecular complexity index is 1100. The van der Waals surface area contributed by atoms with Gasteiger partial charge in [-0.15, -0.1) is 0 Å². The zero-order chi connectivity index (χ0) is 31.3. The Morgan fingerprint density at radius 3 is 1.40 bits per heavy atom. The van der Waals surface area contributed by atoms with Gasteiger partial charge in [0.15, 0.2) is 0 Å². The summed E-state index contributed by atoms with van der Waals surface area (Å²) in [5.74, 6) is 5.30. The first-order valence-corrected chi connectivity index (χ1v) is 14.3. The van der Waals surface area contributed by atoms with E-state index in [0.29, 0.717) is 25.0 Å². The van der Waals surface area contributed by atoms with Crippen LogP contribution in [0.3, 0.4) is 0 Å². The molecule has 224 valence electrons. The highest BCUT2D eigenvalue weighted by molar-refractivity contribution is 5.75. The number of hydrazine groups is 1. The molecule has 6 heteroatoms. The minimum absolute atomic E-state index is 0.0152. The number of phenols is 1. The second-order valence-electron chi connectivity index (χ2n) is 14.9. The molecule has 2 rings (SSSR count). The summed E-state index contributed by atoms with van der Waals surface area (Å²) >= 11 is 0. The number of aldehydes is 1. The fourth-order valence-corrected chi connectivity index (χ4v) is 4.64. The van der Waals surface area contributed by atoms with Crippen molar-refractivity contribution in [2.75, 3.05) is 5.73 Å². The lowest BCUT2D eigenvalue weighted by molar-refractivity contribution is -0.121. The highest BCUT2D eigenvalue weighted by Gasteiger charge is 2.27. The van der Waals surface area contributed by atoms with Crippen LogP contribution in [-0.4, -0.2) is 17.3 Å². The maximum atomic E-state index is 11.3. The third-order valence-corrected chi connectivity index (χ3v) is 6.99. The van der Waals surface area contributed by atoms with E-state index in [1.165, 1.54) is 16.7 Å². The molecule has 0 radical (unpaired) electrons. The number of anilines is 1. The van der Waals surface area contributed by atoms with Crippen LogP contribution in [0.15, 0.2) is 24.3 Å². The number of nitrogen functional groups attached to an aromatic ring is 1. The van der Waals surface area contributed by atoms with Crippen molar-refractivity contribution in [1.29, 1.82) is 0 Å². The summed E-state index contributed by atoms with van der Waals surface area (Å²) in [6.07, 6.45) is 3.28. The molecule has 2 aromatic rings. The summed E-state index contributed by atoms with van der Waals surface area (Å²) in [6, 6.07) is 8.31. The van der Waals surface area contributed by atoms with E-state index in [0.717, 1.165) is 35.1 Å². The predicted octanol–water partition coefficient (Wildman–Crippen LogP) is 6.91. The number of benzene rings is 2. The molecule has 6 N–H and O–H groups in total. The van der Waals surface area contributed by atoms with Crippen LogP contribution in [0, 0.1) is 0 Å². The molecule has 2 aromatic carbocycles. The van der Waals surface area contributed by atoms with E-state index in [-0.39, 0.29) is 27.6 Å². The van der Waals surface area contributed by atoms with Gasteiger partial charge >= 0.3 is 0 Å². The van der Waals surface area contributed by atoms with Crippen LogP contribution >= 0.6 is 0 Å². The predicted molar refractivity (Wildman–Crippen MR) is 169 cm³/mol. The summed E-state index contributed by atoms with van der Waals surface area (Å²) in [6.45, 7) is 25.5. The number of aromatic hydroxyl groups is 1. The highest BCUT2D eigenvalue weighted by Crippen LogP contribution is 2.40. The second-order valence-corrected chi connectivity index (χ2v) is 14.9. The molecule has 6 nitrogen and oxygen atoms in total. The molecule has 0 bridgehead atoms. The smallest absolute Gasteiger partial charge is 0.234 e. The largest absolute Gasteiger partial charge is 0.507 e. The zero-order valence-corrected chi connectivity index (χ0v) is 27.1. The van der Waals surface area contributed by atoms with E-state index >= 15 is 0 Å². The van der Waals surface area contributed by atoms with Gasteiger partial charge in [0.05, 0.1) is 0 Å². The molecule has 0 aliphatic heterocycles. The summed E-state index contributed by atoms with van der Waals surface area (Å²) in [4.78, 5) is 21.9. The van der Waals surface area contributed by atoms with Crippen LogP contribution in [0.25, 0.3) is 0 Å². The van der Waals surface area contributed by atoms with Crippen molar-refractivity contribution < 1.29 is 14.7 Å². The molecular weight excluding hydrogens is 498 g/mol. The van der Waals surface area contributed by atoms with Crippen molar-refractivity contribution in [3.63, 3.8) is 0 Å². The van der Waals surface area contributed by atoms with Gasteiger partial charge in [-0.05, 0) is 67.9 Å². The van der Waals surface area contributed by atoms with Gasteiger partial charge in [-0.1, -0.05) is 107 Å². The molecule has 1 amide bonds. The molecule has 0 atom stereocenters. The van der Waals surface area contributed by atoms with Crippen LogP contribution in [0.1, 0.15) is 129 Å². The number of rotatable bonds is 6. The number of hydrogen-bond donors (Lipinski definition) is 4. The van der Waals surface area contributed by atoms with E-state index < -0.39 is 0 Å². The molecule has 0 aliphatic carbocycles. The second kappa shape index (κ2) is 13.2. The van der Waals surface area contributed by atoms with E-state index in [1.54, 1.807) is 0 Å². The first-order valence-electron chi connectivity index (χ1n) is 14.3. The van der Waals surface area contributed by atoms with Gasteiger partial charge < -0.3 is 15.6 Å². The maximum absolute atomic E-state index is 11.3. The van der Waals surface area contributed by atoms with Gasteiger partial charge in [-0.3, -0.25) is 10.2 Å². The maximum Gasteiger partial charge on any atom is 0.234 e. The lowest BCUT2D eigenvalue weighted by Gasteiger charge is -2.29. The van der Waals surface area contributed by atoms with Crippen molar-refractivity contribution in [2.24, 2.45) is 5.84 Å². The summed E-state index contributed by atoms with van der Waals surface area (Å²) in [7, 11) is 0. The average molecular weight is 554 g/mol. The summed E-state index contributed by atoms with van der Waals surface area (Å²) in [5, 5.41) is 10.6. The van der Waals surface area contributed by atoms with Gasteiger partial charge in [-0.25, -0.2) is 5.84 Å². The minimum atomic E-state index is -0.183. The molecule has 0 aromatic heterocycles. The number of carbonyl (C=O) groups excluding carboxylic acids is 2. The third kappa shape index (κ3) is 9.96. The fraction of sp³-hybridized carbons (Fsp3) is 0.588. The third-order valence-electron chi connectivity index (χ3n) is 6.99. The van der Waals surface area contributed by atoms with Crippen LogP contribution in [0.4, 0.5) is 5.69 Å². The van der Waals surface area contributed by atoms with Gasteiger partial charge in [0, 0.05) is 18.5 Å². The van der Waals surface area contributed by atoms with Gasteiger partial charge in [0.1, 0.15) is 12.0 Å². The van der Waals surface area contributed by atoms with Crippen molar-refractivity contribution in [3.8, 4) is 5.75 Å². The Hall–Kier alpha value is -2.86. The number of amides is 1. The number of hydrogen-bond acceptors (Lipinski definition) is 5. The van der Waals surface area contributed by atoms with Crippen LogP contribution in [-0.2, 0) is 44.1 Å². The first kappa shape index (κ1) is 35.2. The number of phenolic OH excluding ortho intramolecular Hbond substituents is 1. The number of nitrogens with one attached hydrogen (secondary N) is 1. The Labute approximate surface area is 243 Å². The highest BCUT2D eigenvalue weighted by atomic mass is 16.3. The number of nitrogens with two attached hydrogens (primary N) is 2. The van der Waals surface area contributed by atoms with Crippen molar-refractivity contribution in [1.82, 2.24) is 5.43 Å². The Kier molecular flexibility index (Phi) is 11.6. The van der Waals surface area contributed by atoms with E-state index in [9.17, 15) is 14.7 Å². The Morgan fingerprint density at radius 2 is 1.07 bits per heavy atom. The fourth-order valence-electron chi connectivity index (χ4n) is 4.64. The average Bonchev–Trinajstić information content (AvgIpc) is 2.79. The topological polar surface area (TPSA) is 118 Å². The Balaban J connectivity index is 0.000000402. The van der Waals surface area contributed by atoms with Crippen molar-refractivity contribution in [3.05, 3.63) is 57.6 Å². The molecular formula is C34H55N3O3. The van der Waals surface area contributed by atoms with Crippen LogP contribution < -0.4 is 17.0 Å². The Morgan fingerprint density at radius 1 is 0.725 bits per heavy atom. The van der Waals surface area contributed by atoms with E-state index in [1.807, 2.05) is 12.1 Å². The zero-order valence-electron chi connectivity index (χ0n) is 27.1. The van der Waals surface area contributed by atoms with Gasteiger partial charge in [-0.2, -0.15) is 0 Å². The van der Waals surface area contributed by atoms with E-state index in [4.69, 9.17) is 11.6 Å². The molecule has 0 heterocycles. The molecule has 0 spiro atoms. The minimum Gasteiger partial charge on any atom is -0.507 e. The molecule has 0 aliphatic rings. The van der Waals surface area contributed by atoms with Crippen LogP contribution in [0.2, 0.25) is 0 Å². The number of carbonyl (C=O) groups is 2. The van der Waals surface area contributed by atoms with Gasteiger partial charge in [0.25, 0.3) is 0 Å². The number of aryl methyl sites for hydroxylation is 2. The lowest BCUT2D eigenvalue weighted by Crippen LogP contribution is -2.30.